The summed E-state index contributed by atoms with van der Waals surface area (Å²) >= 11 is 2.52. The number of carbonyl (C=O) groups excluding carboxylic acids is 2. The summed E-state index contributed by atoms with van der Waals surface area (Å²) in [6, 6.07) is 6.11. The molecular formula is C12H9ClN2O4S3. The molecule has 10 heteroatoms. The summed E-state index contributed by atoms with van der Waals surface area (Å²) in [5.41, 5.74) is 0.386. The number of aromatic nitrogens is 2. The van der Waals surface area contributed by atoms with E-state index >= 15 is 0 Å². The summed E-state index contributed by atoms with van der Waals surface area (Å²) in [4.78, 5) is 23.0. The van der Waals surface area contributed by atoms with Crippen molar-refractivity contribution < 1.29 is 19.1 Å². The topological polar surface area (TPSA) is 78.4 Å². The number of methoxy groups -OCH3 is 1. The molecule has 0 saturated heterocycles. The van der Waals surface area contributed by atoms with E-state index in [4.69, 9.17) is 15.4 Å². The Kier molecular flexibility index (Phi) is 6.49. The molecular weight excluding hydrogens is 368 g/mol. The van der Waals surface area contributed by atoms with Gasteiger partial charge in [0.1, 0.15) is 5.75 Å². The summed E-state index contributed by atoms with van der Waals surface area (Å²) < 4.78 is 11.0. The molecule has 0 atom stereocenters. The van der Waals surface area contributed by atoms with Crippen LogP contribution < -0.4 is 4.74 Å². The first-order valence-corrected chi connectivity index (χ1v) is 9.21. The summed E-state index contributed by atoms with van der Waals surface area (Å²) in [6.07, 6.45) is 0. The van der Waals surface area contributed by atoms with Gasteiger partial charge in [-0.15, -0.1) is 10.2 Å². The number of carbonyl (C=O) groups is 2. The molecule has 0 fully saturated rings. The third-order valence-corrected chi connectivity index (χ3v) is 5.53. The maximum absolute atomic E-state index is 11.7. The van der Waals surface area contributed by atoms with Crippen molar-refractivity contribution in [2.75, 3.05) is 12.9 Å². The first kappa shape index (κ1) is 17.1. The van der Waals surface area contributed by atoms with Crippen LogP contribution in [0.1, 0.15) is 10.4 Å². The quantitative estimate of drug-likeness (QED) is 0.432. The van der Waals surface area contributed by atoms with Crippen LogP contribution in [0.25, 0.3) is 0 Å². The van der Waals surface area contributed by atoms with Crippen LogP contribution in [0.15, 0.2) is 32.9 Å². The first-order valence-electron chi connectivity index (χ1n) is 5.76. The van der Waals surface area contributed by atoms with Crippen LogP contribution in [-0.2, 0) is 9.53 Å². The zero-order chi connectivity index (χ0) is 15.9. The molecule has 0 aliphatic carbocycles. The van der Waals surface area contributed by atoms with E-state index in [1.54, 1.807) is 0 Å². The van der Waals surface area contributed by atoms with E-state index in [1.807, 2.05) is 0 Å². The highest BCUT2D eigenvalue weighted by Gasteiger charge is 2.11. The molecule has 0 amide bonds. The largest absolute Gasteiger partial charge is 0.465 e. The van der Waals surface area contributed by atoms with Gasteiger partial charge in [-0.1, -0.05) is 23.1 Å². The average Bonchev–Trinajstić information content (AvgIpc) is 3.01. The standard InChI is InChI=1S/C12H9ClN2O4S3/c1-18-10(17)7-2-4-8(5-3-7)19-9(16)6-20-11-14-15-12(21-11)22-13/h2-5H,6H2,1H3. The van der Waals surface area contributed by atoms with Gasteiger partial charge in [0.2, 0.25) is 0 Å². The zero-order valence-electron chi connectivity index (χ0n) is 11.1. The van der Waals surface area contributed by atoms with Gasteiger partial charge in [-0.2, -0.15) is 0 Å². The van der Waals surface area contributed by atoms with Crippen LogP contribution in [0.4, 0.5) is 0 Å². The summed E-state index contributed by atoms with van der Waals surface area (Å²) in [5, 5.41) is 7.69. The molecule has 0 bridgehead atoms. The van der Waals surface area contributed by atoms with Crippen LogP contribution in [0.3, 0.4) is 0 Å². The molecule has 22 heavy (non-hydrogen) atoms. The summed E-state index contributed by atoms with van der Waals surface area (Å²) in [6.45, 7) is 0. The fraction of sp³-hybridized carbons (Fsp3) is 0.167. The van der Waals surface area contributed by atoms with E-state index in [9.17, 15) is 9.59 Å². The fourth-order valence-electron chi connectivity index (χ4n) is 1.35. The second-order valence-corrected chi connectivity index (χ2v) is 7.15. The summed E-state index contributed by atoms with van der Waals surface area (Å²) in [7, 11) is 7.83. The van der Waals surface area contributed by atoms with Crippen molar-refractivity contribution in [3.8, 4) is 5.75 Å². The van der Waals surface area contributed by atoms with Gasteiger partial charge in [0, 0.05) is 11.0 Å². The molecule has 2 aromatic rings. The van der Waals surface area contributed by atoms with Crippen molar-refractivity contribution >= 4 is 56.7 Å². The Morgan fingerprint density at radius 2 is 1.91 bits per heavy atom. The molecule has 1 aromatic carbocycles. The minimum Gasteiger partial charge on any atom is -0.465 e. The van der Waals surface area contributed by atoms with Crippen LogP contribution >= 0.6 is 44.8 Å². The number of thioether (sulfide) groups is 1. The number of esters is 2. The van der Waals surface area contributed by atoms with E-state index in [0.717, 1.165) is 11.0 Å². The monoisotopic (exact) mass is 376 g/mol. The lowest BCUT2D eigenvalue weighted by Gasteiger charge is -2.04. The predicted octanol–water partition coefficient (Wildman–Crippen LogP) is 3.27. The molecule has 0 aliphatic heterocycles. The van der Waals surface area contributed by atoms with Gasteiger partial charge in [-0.05, 0) is 34.9 Å². The third kappa shape index (κ3) is 4.87. The Balaban J connectivity index is 1.85. The first-order chi connectivity index (χ1) is 10.6. The summed E-state index contributed by atoms with van der Waals surface area (Å²) in [5.74, 6) is -0.420. The minimum absolute atomic E-state index is 0.0976. The Labute approximate surface area is 143 Å². The Bertz CT molecular complexity index is 663. The number of benzene rings is 1. The Morgan fingerprint density at radius 1 is 1.23 bits per heavy atom. The molecule has 0 saturated carbocycles. The van der Waals surface area contributed by atoms with Gasteiger partial charge in [-0.3, -0.25) is 4.79 Å². The maximum Gasteiger partial charge on any atom is 0.337 e. The molecule has 0 unspecified atom stereocenters. The lowest BCUT2D eigenvalue weighted by atomic mass is 10.2. The minimum atomic E-state index is -0.447. The molecule has 6 nitrogen and oxygen atoms in total. The highest BCUT2D eigenvalue weighted by molar-refractivity contribution is 8.22. The van der Waals surface area contributed by atoms with Crippen LogP contribution in [0.5, 0.6) is 5.75 Å². The average molecular weight is 377 g/mol. The van der Waals surface area contributed by atoms with Crippen molar-refractivity contribution in [1.29, 1.82) is 0 Å². The number of nitrogens with zero attached hydrogens (tertiary/aromatic N) is 2. The van der Waals surface area contributed by atoms with Gasteiger partial charge >= 0.3 is 11.9 Å². The normalized spacial score (nSPS) is 10.3. The van der Waals surface area contributed by atoms with E-state index in [0.29, 0.717) is 20.0 Å². The molecule has 0 spiro atoms. The van der Waals surface area contributed by atoms with Crippen LogP contribution in [0, 0.1) is 0 Å². The maximum atomic E-state index is 11.7. The fourth-order valence-corrected chi connectivity index (χ4v) is 3.67. The van der Waals surface area contributed by atoms with Gasteiger partial charge in [0.15, 0.2) is 8.68 Å². The lowest BCUT2D eigenvalue weighted by molar-refractivity contribution is -0.131. The van der Waals surface area contributed by atoms with E-state index < -0.39 is 11.9 Å². The zero-order valence-corrected chi connectivity index (χ0v) is 14.4. The number of hydrogen-bond acceptors (Lipinski definition) is 9. The smallest absolute Gasteiger partial charge is 0.337 e. The Hall–Kier alpha value is -1.29. The van der Waals surface area contributed by atoms with Crippen LogP contribution in [0.2, 0.25) is 0 Å². The molecule has 1 aromatic heterocycles. The second kappa shape index (κ2) is 8.37. The molecule has 1 heterocycles. The molecule has 0 aliphatic rings. The molecule has 2 rings (SSSR count). The van der Waals surface area contributed by atoms with E-state index in [2.05, 4.69) is 14.9 Å². The second-order valence-electron chi connectivity index (χ2n) is 3.69. The van der Waals surface area contributed by atoms with Gasteiger partial charge in [-0.25, -0.2) is 4.79 Å². The lowest BCUT2D eigenvalue weighted by Crippen LogP contribution is -2.10. The number of ether oxygens (including phenoxy) is 2. The van der Waals surface area contributed by atoms with Gasteiger partial charge in [0.25, 0.3) is 0 Å². The van der Waals surface area contributed by atoms with E-state index in [-0.39, 0.29) is 5.75 Å². The highest BCUT2D eigenvalue weighted by atomic mass is 35.7. The van der Waals surface area contributed by atoms with Crippen molar-refractivity contribution in [2.45, 2.75) is 8.68 Å². The SMILES string of the molecule is COC(=O)c1ccc(OC(=O)CSc2nnc(SCl)s2)cc1. The van der Waals surface area contributed by atoms with Gasteiger partial charge < -0.3 is 9.47 Å². The van der Waals surface area contributed by atoms with E-state index in [1.165, 1.54) is 54.5 Å². The van der Waals surface area contributed by atoms with Gasteiger partial charge in [0.05, 0.1) is 18.4 Å². The number of rotatable bonds is 6. The Morgan fingerprint density at radius 3 is 2.50 bits per heavy atom. The predicted molar refractivity (Wildman–Crippen MR) is 85.8 cm³/mol. The molecule has 0 N–H and O–H groups in total. The number of halogens is 1. The van der Waals surface area contributed by atoms with Crippen molar-refractivity contribution in [3.63, 3.8) is 0 Å². The number of hydrogen-bond donors (Lipinski definition) is 0. The van der Waals surface area contributed by atoms with Crippen molar-refractivity contribution in [1.82, 2.24) is 10.2 Å². The molecule has 116 valence electrons. The van der Waals surface area contributed by atoms with Crippen molar-refractivity contribution in [2.24, 2.45) is 0 Å². The highest BCUT2D eigenvalue weighted by Crippen LogP contribution is 2.30. The van der Waals surface area contributed by atoms with Crippen molar-refractivity contribution in [3.05, 3.63) is 29.8 Å². The molecule has 0 radical (unpaired) electrons. The van der Waals surface area contributed by atoms with Crippen LogP contribution in [-0.4, -0.2) is 35.0 Å². The third-order valence-electron chi connectivity index (χ3n) is 2.27.